The highest BCUT2D eigenvalue weighted by atomic mass is 32.2. The molecule has 1 rings (SSSR count). The summed E-state index contributed by atoms with van der Waals surface area (Å²) in [6, 6.07) is 1.75. The van der Waals surface area contributed by atoms with E-state index in [2.05, 4.69) is 11.6 Å². The van der Waals surface area contributed by atoms with Crippen LogP contribution in [0, 0.1) is 20.8 Å². The Morgan fingerprint density at radius 3 is 2.40 bits per heavy atom. The van der Waals surface area contributed by atoms with E-state index >= 15 is 0 Å². The second kappa shape index (κ2) is 6.59. The van der Waals surface area contributed by atoms with E-state index in [0.717, 1.165) is 30.4 Å². The molecule has 3 N–H and O–H groups in total. The quantitative estimate of drug-likeness (QED) is 0.793. The number of nitrogens with two attached hydrogens (primary N) is 1. The predicted octanol–water partition coefficient (Wildman–Crippen LogP) is 3.05. The van der Waals surface area contributed by atoms with Gasteiger partial charge in [0.2, 0.25) is 10.0 Å². The Bertz CT molecular complexity index is 554. The Hall–Kier alpha value is -1.07. The summed E-state index contributed by atoms with van der Waals surface area (Å²) in [5.41, 5.74) is 8.72. The fourth-order valence-electron chi connectivity index (χ4n) is 2.34. The summed E-state index contributed by atoms with van der Waals surface area (Å²) in [6.45, 7) is 9.46. The monoisotopic (exact) mass is 298 g/mol. The maximum Gasteiger partial charge on any atom is 0.241 e. The van der Waals surface area contributed by atoms with E-state index in [-0.39, 0.29) is 6.04 Å². The number of anilines is 1. The Morgan fingerprint density at radius 2 is 1.85 bits per heavy atom. The van der Waals surface area contributed by atoms with Crippen LogP contribution in [0.1, 0.15) is 49.8 Å². The first-order valence-corrected chi connectivity index (χ1v) is 8.57. The number of nitrogens with one attached hydrogen (secondary N) is 1. The van der Waals surface area contributed by atoms with Gasteiger partial charge in [0.15, 0.2) is 0 Å². The number of unbranched alkanes of at least 4 members (excludes halogenated alkanes) is 1. The molecule has 0 heterocycles. The molecule has 0 aromatic heterocycles. The summed E-state index contributed by atoms with van der Waals surface area (Å²) in [7, 11) is -3.53. The van der Waals surface area contributed by atoms with Crippen LogP contribution in [0.3, 0.4) is 0 Å². The molecule has 5 heteroatoms. The molecule has 0 aliphatic carbocycles. The van der Waals surface area contributed by atoms with Crippen molar-refractivity contribution < 1.29 is 8.42 Å². The summed E-state index contributed by atoms with van der Waals surface area (Å²) in [5.74, 6) is 0. The van der Waals surface area contributed by atoms with Gasteiger partial charge in [0.05, 0.1) is 4.90 Å². The minimum Gasteiger partial charge on any atom is -0.398 e. The predicted molar refractivity (Wildman–Crippen MR) is 84.4 cm³/mol. The van der Waals surface area contributed by atoms with E-state index in [1.807, 2.05) is 26.8 Å². The highest BCUT2D eigenvalue weighted by Gasteiger charge is 2.23. The standard InChI is InChI=1S/C15H26N2O2S/c1-6-7-8-11(3)17-20(18,19)15-12(4)10(2)9-14(16)13(15)5/h9,11,17H,6-8,16H2,1-5H3. The molecule has 0 spiro atoms. The number of nitrogen functional groups attached to an aromatic ring is 1. The van der Waals surface area contributed by atoms with Crippen LogP contribution in [0.4, 0.5) is 5.69 Å². The lowest BCUT2D eigenvalue weighted by Gasteiger charge is -2.19. The zero-order chi connectivity index (χ0) is 15.5. The van der Waals surface area contributed by atoms with Gasteiger partial charge in [-0.05, 0) is 56.9 Å². The average Bonchev–Trinajstić information content (AvgIpc) is 2.33. The fraction of sp³-hybridized carbons (Fsp3) is 0.600. The van der Waals surface area contributed by atoms with Gasteiger partial charge < -0.3 is 5.73 Å². The van der Waals surface area contributed by atoms with Crippen molar-refractivity contribution >= 4 is 15.7 Å². The van der Waals surface area contributed by atoms with Crippen LogP contribution in [0.2, 0.25) is 0 Å². The van der Waals surface area contributed by atoms with Crippen molar-refractivity contribution in [1.29, 1.82) is 0 Å². The highest BCUT2D eigenvalue weighted by molar-refractivity contribution is 7.89. The van der Waals surface area contributed by atoms with Crippen molar-refractivity contribution in [2.45, 2.75) is 64.8 Å². The van der Waals surface area contributed by atoms with Crippen molar-refractivity contribution in [3.8, 4) is 0 Å². The van der Waals surface area contributed by atoms with Gasteiger partial charge in [0.1, 0.15) is 0 Å². The summed E-state index contributed by atoms with van der Waals surface area (Å²) >= 11 is 0. The Labute approximate surface area is 122 Å². The molecule has 1 aromatic rings. The van der Waals surface area contributed by atoms with E-state index in [9.17, 15) is 8.42 Å². The van der Waals surface area contributed by atoms with Crippen molar-refractivity contribution in [3.63, 3.8) is 0 Å². The normalized spacial score (nSPS) is 13.4. The molecule has 0 aliphatic rings. The molecular weight excluding hydrogens is 272 g/mol. The van der Waals surface area contributed by atoms with E-state index in [1.165, 1.54) is 0 Å². The number of aryl methyl sites for hydroxylation is 1. The van der Waals surface area contributed by atoms with Crippen LogP contribution in [0.15, 0.2) is 11.0 Å². The molecule has 0 fully saturated rings. The topological polar surface area (TPSA) is 72.2 Å². The van der Waals surface area contributed by atoms with Gasteiger partial charge in [-0.15, -0.1) is 0 Å². The molecule has 1 unspecified atom stereocenters. The maximum atomic E-state index is 12.6. The van der Waals surface area contributed by atoms with Gasteiger partial charge in [0, 0.05) is 11.7 Å². The Morgan fingerprint density at radius 1 is 1.25 bits per heavy atom. The SMILES string of the molecule is CCCCC(C)NS(=O)(=O)c1c(C)c(C)cc(N)c1C. The third-order valence-corrected chi connectivity index (χ3v) is 5.56. The number of rotatable bonds is 6. The van der Waals surface area contributed by atoms with Gasteiger partial charge >= 0.3 is 0 Å². The zero-order valence-electron chi connectivity index (χ0n) is 13.1. The number of benzene rings is 1. The molecule has 0 radical (unpaired) electrons. The van der Waals surface area contributed by atoms with Crippen LogP contribution < -0.4 is 10.5 Å². The van der Waals surface area contributed by atoms with Crippen molar-refractivity contribution in [3.05, 3.63) is 22.8 Å². The van der Waals surface area contributed by atoms with Crippen molar-refractivity contribution in [2.24, 2.45) is 0 Å². The van der Waals surface area contributed by atoms with Crippen molar-refractivity contribution in [1.82, 2.24) is 4.72 Å². The lowest BCUT2D eigenvalue weighted by atomic mass is 10.1. The molecule has 0 bridgehead atoms. The highest BCUT2D eigenvalue weighted by Crippen LogP contribution is 2.28. The number of hydrogen-bond donors (Lipinski definition) is 2. The van der Waals surface area contributed by atoms with Crippen LogP contribution in [-0.4, -0.2) is 14.5 Å². The van der Waals surface area contributed by atoms with Gasteiger partial charge in [-0.25, -0.2) is 13.1 Å². The van der Waals surface area contributed by atoms with E-state index in [0.29, 0.717) is 16.1 Å². The average molecular weight is 298 g/mol. The Balaban J connectivity index is 3.16. The first-order chi connectivity index (χ1) is 9.20. The molecule has 0 saturated carbocycles. The molecule has 0 aliphatic heterocycles. The summed E-state index contributed by atoms with van der Waals surface area (Å²) < 4.78 is 27.9. The summed E-state index contributed by atoms with van der Waals surface area (Å²) in [6.07, 6.45) is 2.91. The molecule has 4 nitrogen and oxygen atoms in total. The van der Waals surface area contributed by atoms with Gasteiger partial charge in [0.25, 0.3) is 0 Å². The smallest absolute Gasteiger partial charge is 0.241 e. The zero-order valence-corrected chi connectivity index (χ0v) is 13.9. The molecule has 20 heavy (non-hydrogen) atoms. The molecule has 0 amide bonds. The minimum atomic E-state index is -3.53. The Kier molecular flexibility index (Phi) is 5.59. The lowest BCUT2D eigenvalue weighted by molar-refractivity contribution is 0.533. The van der Waals surface area contributed by atoms with Crippen molar-refractivity contribution in [2.75, 3.05) is 5.73 Å². The molecule has 1 aromatic carbocycles. The van der Waals surface area contributed by atoms with E-state index in [4.69, 9.17) is 5.73 Å². The minimum absolute atomic E-state index is 0.0690. The fourth-order valence-corrected chi connectivity index (χ4v) is 4.19. The molecule has 1 atom stereocenters. The van der Waals surface area contributed by atoms with Gasteiger partial charge in [-0.2, -0.15) is 0 Å². The number of hydrogen-bond acceptors (Lipinski definition) is 3. The molecular formula is C15H26N2O2S. The van der Waals surface area contributed by atoms with E-state index in [1.54, 1.807) is 6.92 Å². The molecule has 0 saturated heterocycles. The second-order valence-electron chi connectivity index (χ2n) is 5.53. The lowest BCUT2D eigenvalue weighted by Crippen LogP contribution is -2.33. The van der Waals surface area contributed by atoms with E-state index < -0.39 is 10.0 Å². The van der Waals surface area contributed by atoms with Gasteiger partial charge in [-0.3, -0.25) is 0 Å². The summed E-state index contributed by atoms with van der Waals surface area (Å²) in [5, 5.41) is 0. The van der Waals surface area contributed by atoms with Crippen LogP contribution in [0.25, 0.3) is 0 Å². The summed E-state index contributed by atoms with van der Waals surface area (Å²) in [4.78, 5) is 0.332. The van der Waals surface area contributed by atoms with Crippen LogP contribution in [-0.2, 0) is 10.0 Å². The van der Waals surface area contributed by atoms with Crippen LogP contribution >= 0.6 is 0 Å². The third kappa shape index (κ3) is 3.73. The third-order valence-electron chi connectivity index (χ3n) is 3.69. The van der Waals surface area contributed by atoms with Crippen LogP contribution in [0.5, 0.6) is 0 Å². The van der Waals surface area contributed by atoms with Gasteiger partial charge in [-0.1, -0.05) is 19.8 Å². The maximum absolute atomic E-state index is 12.6. The largest absolute Gasteiger partial charge is 0.398 e. The first kappa shape index (κ1) is 17.0. The number of sulfonamides is 1. The second-order valence-corrected chi connectivity index (χ2v) is 7.18. The first-order valence-electron chi connectivity index (χ1n) is 7.09. The molecule has 114 valence electrons.